The minimum atomic E-state index is -0.453. The molecule has 1 heterocycles. The Labute approximate surface area is 91.0 Å². The van der Waals surface area contributed by atoms with Gasteiger partial charge in [0.15, 0.2) is 0 Å². The van der Waals surface area contributed by atoms with E-state index >= 15 is 0 Å². The van der Waals surface area contributed by atoms with E-state index in [2.05, 4.69) is 0 Å². The molecule has 15 heavy (non-hydrogen) atoms. The average molecular weight is 211 g/mol. The Balaban J connectivity index is 1.66. The predicted molar refractivity (Wildman–Crippen MR) is 57.4 cm³/mol. The van der Waals surface area contributed by atoms with Crippen LogP contribution in [0.3, 0.4) is 0 Å². The van der Waals surface area contributed by atoms with Gasteiger partial charge >= 0.3 is 0 Å². The van der Waals surface area contributed by atoms with E-state index in [1.165, 1.54) is 19.3 Å². The third-order valence-electron chi connectivity index (χ3n) is 4.75. The molecule has 0 radical (unpaired) electrons. The van der Waals surface area contributed by atoms with Crippen LogP contribution < -0.4 is 5.73 Å². The van der Waals surface area contributed by atoms with Gasteiger partial charge in [0.05, 0.1) is 11.2 Å². The van der Waals surface area contributed by atoms with Gasteiger partial charge in [-0.2, -0.15) is 0 Å². The zero-order chi connectivity index (χ0) is 10.5. The first-order valence-electron chi connectivity index (χ1n) is 6.24. The zero-order valence-electron chi connectivity index (χ0n) is 9.24. The Kier molecular flexibility index (Phi) is 2.14. The molecule has 3 aliphatic rings. The molecular weight excluding hydrogens is 190 g/mol. The van der Waals surface area contributed by atoms with Crippen LogP contribution in [0.2, 0.25) is 0 Å². The third kappa shape index (κ3) is 1.52. The van der Waals surface area contributed by atoms with E-state index in [-0.39, 0.29) is 11.6 Å². The number of hydrogen-bond donors (Lipinski definition) is 2. The Morgan fingerprint density at radius 2 is 1.93 bits per heavy atom. The topological polar surface area (TPSA) is 55.5 Å². The smallest absolute Gasteiger partial charge is 0.0707 e. The molecule has 0 aromatic carbocycles. The number of ether oxygens (including phenoxy) is 1. The predicted octanol–water partition coefficient (Wildman–Crippen LogP) is 1.19. The molecule has 0 amide bonds. The average Bonchev–Trinajstić information content (AvgIpc) is 2.13. The molecule has 3 heteroatoms. The Hall–Kier alpha value is -0.120. The van der Waals surface area contributed by atoms with Gasteiger partial charge in [-0.3, -0.25) is 0 Å². The maximum atomic E-state index is 10.4. The van der Waals surface area contributed by atoms with E-state index in [1.807, 2.05) is 0 Å². The van der Waals surface area contributed by atoms with Gasteiger partial charge in [0, 0.05) is 12.6 Å². The normalized spacial score (nSPS) is 48.4. The fourth-order valence-electron chi connectivity index (χ4n) is 3.59. The van der Waals surface area contributed by atoms with Crippen LogP contribution >= 0.6 is 0 Å². The summed E-state index contributed by atoms with van der Waals surface area (Å²) < 4.78 is 5.88. The summed E-state index contributed by atoms with van der Waals surface area (Å²) >= 11 is 0. The van der Waals surface area contributed by atoms with Crippen LogP contribution in [0.5, 0.6) is 0 Å². The molecule has 3 nitrogen and oxygen atoms in total. The fraction of sp³-hybridized carbons (Fsp3) is 1.00. The molecule has 0 aromatic rings. The van der Waals surface area contributed by atoms with Crippen molar-refractivity contribution in [1.82, 2.24) is 0 Å². The van der Waals surface area contributed by atoms with Crippen molar-refractivity contribution >= 4 is 0 Å². The van der Waals surface area contributed by atoms with Crippen LogP contribution in [0.15, 0.2) is 0 Å². The molecule has 3 N–H and O–H groups in total. The molecule has 1 atom stereocenters. The quantitative estimate of drug-likeness (QED) is 0.685. The van der Waals surface area contributed by atoms with Crippen molar-refractivity contribution in [1.29, 1.82) is 0 Å². The highest BCUT2D eigenvalue weighted by molar-refractivity contribution is 5.05. The molecule has 1 unspecified atom stereocenters. The Morgan fingerprint density at radius 1 is 1.20 bits per heavy atom. The second-order valence-electron chi connectivity index (χ2n) is 5.85. The van der Waals surface area contributed by atoms with Crippen molar-refractivity contribution in [2.75, 3.05) is 6.61 Å². The summed E-state index contributed by atoms with van der Waals surface area (Å²) in [4.78, 5) is 0. The van der Waals surface area contributed by atoms with Gasteiger partial charge in [-0.05, 0) is 50.9 Å². The van der Waals surface area contributed by atoms with Gasteiger partial charge in [0.2, 0.25) is 0 Å². The van der Waals surface area contributed by atoms with Crippen LogP contribution in [0, 0.1) is 5.92 Å². The molecule has 2 aliphatic carbocycles. The monoisotopic (exact) mass is 211 g/mol. The molecule has 1 aliphatic heterocycles. The summed E-state index contributed by atoms with van der Waals surface area (Å²) in [6.45, 7) is 0.836. The number of rotatable bonds is 1. The van der Waals surface area contributed by atoms with Gasteiger partial charge < -0.3 is 15.6 Å². The zero-order valence-corrected chi connectivity index (χ0v) is 9.24. The van der Waals surface area contributed by atoms with Gasteiger partial charge in [0.25, 0.3) is 0 Å². The van der Waals surface area contributed by atoms with Gasteiger partial charge in [0.1, 0.15) is 0 Å². The molecule has 3 rings (SSSR count). The van der Waals surface area contributed by atoms with Gasteiger partial charge in [-0.15, -0.1) is 0 Å². The van der Waals surface area contributed by atoms with Crippen molar-refractivity contribution in [3.63, 3.8) is 0 Å². The minimum Gasteiger partial charge on any atom is -0.389 e. The van der Waals surface area contributed by atoms with Crippen LogP contribution in [0.1, 0.15) is 44.9 Å². The van der Waals surface area contributed by atoms with Crippen LogP contribution in [0.25, 0.3) is 0 Å². The molecule has 3 fully saturated rings. The lowest BCUT2D eigenvalue weighted by Crippen LogP contribution is -2.60. The number of hydrogen-bond acceptors (Lipinski definition) is 3. The van der Waals surface area contributed by atoms with Crippen molar-refractivity contribution in [3.8, 4) is 0 Å². The molecule has 86 valence electrons. The van der Waals surface area contributed by atoms with Crippen LogP contribution in [-0.4, -0.2) is 29.0 Å². The summed E-state index contributed by atoms with van der Waals surface area (Å²) in [5, 5.41) is 10.4. The lowest BCUT2D eigenvalue weighted by Gasteiger charge is -2.54. The lowest BCUT2D eigenvalue weighted by atomic mass is 9.61. The fourth-order valence-corrected chi connectivity index (χ4v) is 3.59. The summed E-state index contributed by atoms with van der Waals surface area (Å²) in [5.41, 5.74) is 5.48. The minimum absolute atomic E-state index is 0.151. The second kappa shape index (κ2) is 3.19. The molecule has 1 saturated heterocycles. The lowest BCUT2D eigenvalue weighted by molar-refractivity contribution is -0.193. The highest BCUT2D eigenvalue weighted by atomic mass is 16.5. The summed E-state index contributed by atoms with van der Waals surface area (Å²) in [6.07, 6.45) is 7.38. The summed E-state index contributed by atoms with van der Waals surface area (Å²) in [7, 11) is 0. The second-order valence-corrected chi connectivity index (χ2v) is 5.85. The first-order chi connectivity index (χ1) is 7.12. The molecular formula is C12H21NO2. The van der Waals surface area contributed by atoms with E-state index in [9.17, 15) is 5.11 Å². The van der Waals surface area contributed by atoms with Crippen molar-refractivity contribution in [2.24, 2.45) is 11.7 Å². The highest BCUT2D eigenvalue weighted by Gasteiger charge is 2.52. The maximum absolute atomic E-state index is 10.4. The Morgan fingerprint density at radius 3 is 2.47 bits per heavy atom. The van der Waals surface area contributed by atoms with E-state index in [0.717, 1.165) is 32.3 Å². The third-order valence-corrected chi connectivity index (χ3v) is 4.75. The molecule has 0 bridgehead atoms. The molecule has 0 aromatic heterocycles. The van der Waals surface area contributed by atoms with E-state index < -0.39 is 5.60 Å². The highest BCUT2D eigenvalue weighted by Crippen LogP contribution is 2.50. The first-order valence-corrected chi connectivity index (χ1v) is 6.24. The number of aliphatic hydroxyl groups is 1. The Bertz CT molecular complexity index is 256. The molecule has 1 spiro atoms. The van der Waals surface area contributed by atoms with Gasteiger partial charge in [-0.25, -0.2) is 0 Å². The SMILES string of the molecule is NC1CC(O)(C2CCOC3(CCC3)C2)C1. The van der Waals surface area contributed by atoms with Crippen molar-refractivity contribution in [3.05, 3.63) is 0 Å². The summed E-state index contributed by atoms with van der Waals surface area (Å²) in [5.74, 6) is 0.436. The van der Waals surface area contributed by atoms with Crippen molar-refractivity contribution in [2.45, 2.75) is 62.2 Å². The van der Waals surface area contributed by atoms with E-state index in [1.54, 1.807) is 0 Å². The molecule has 2 saturated carbocycles. The van der Waals surface area contributed by atoms with Crippen LogP contribution in [-0.2, 0) is 4.74 Å². The first kappa shape index (κ1) is 10.1. The van der Waals surface area contributed by atoms with Gasteiger partial charge in [-0.1, -0.05) is 0 Å². The number of nitrogens with two attached hydrogens (primary N) is 1. The maximum Gasteiger partial charge on any atom is 0.0707 e. The largest absolute Gasteiger partial charge is 0.389 e. The van der Waals surface area contributed by atoms with Crippen molar-refractivity contribution < 1.29 is 9.84 Å². The summed E-state index contributed by atoms with van der Waals surface area (Å²) in [6, 6.07) is 0.232. The van der Waals surface area contributed by atoms with E-state index in [0.29, 0.717) is 5.92 Å². The van der Waals surface area contributed by atoms with Crippen LogP contribution in [0.4, 0.5) is 0 Å². The van der Waals surface area contributed by atoms with E-state index in [4.69, 9.17) is 10.5 Å². The standard InChI is InChI=1S/C12H21NO2/c13-10-7-12(14,8-10)9-2-5-15-11(6-9)3-1-4-11/h9-10,14H,1-8,13H2.